The van der Waals surface area contributed by atoms with Crippen molar-refractivity contribution in [2.45, 2.75) is 6.54 Å². The first-order chi connectivity index (χ1) is 14.6. The Morgan fingerprint density at radius 1 is 1.10 bits per heavy atom. The number of hydrazone groups is 1. The lowest BCUT2D eigenvalue weighted by atomic mass is 10.2. The molecule has 0 spiro atoms. The van der Waals surface area contributed by atoms with Crippen LogP contribution in [0.1, 0.15) is 11.3 Å². The normalized spacial score (nSPS) is 13.8. The molecule has 1 aliphatic rings. The zero-order chi connectivity index (χ0) is 21.2. The molecule has 0 saturated carbocycles. The highest BCUT2D eigenvalue weighted by atomic mass is 16.5. The summed E-state index contributed by atoms with van der Waals surface area (Å²) >= 11 is 0. The third kappa shape index (κ3) is 6.45. The van der Waals surface area contributed by atoms with Gasteiger partial charge in [0.25, 0.3) is 5.91 Å². The fourth-order valence-electron chi connectivity index (χ4n) is 2.58. The SMILES string of the molecule is O=C(NCc1ccco1)C(=O)N/N=C\c1ccc(OCC(=O)N2CCOCC2)cc1. The second-order valence-electron chi connectivity index (χ2n) is 6.31. The number of morpholine rings is 1. The maximum atomic E-state index is 12.1. The summed E-state index contributed by atoms with van der Waals surface area (Å²) in [4.78, 5) is 37.1. The van der Waals surface area contributed by atoms with Crippen molar-refractivity contribution in [2.75, 3.05) is 32.9 Å². The Bertz CT molecular complexity index is 873. The molecule has 158 valence electrons. The Morgan fingerprint density at radius 2 is 1.87 bits per heavy atom. The average Bonchev–Trinajstić information content (AvgIpc) is 3.31. The predicted molar refractivity (Wildman–Crippen MR) is 106 cm³/mol. The fourth-order valence-corrected chi connectivity index (χ4v) is 2.58. The van der Waals surface area contributed by atoms with Crippen LogP contribution >= 0.6 is 0 Å². The van der Waals surface area contributed by atoms with Gasteiger partial charge >= 0.3 is 11.8 Å². The van der Waals surface area contributed by atoms with Crippen molar-refractivity contribution >= 4 is 23.9 Å². The molecule has 3 rings (SSSR count). The maximum absolute atomic E-state index is 12.1. The summed E-state index contributed by atoms with van der Waals surface area (Å²) in [5, 5.41) is 6.17. The van der Waals surface area contributed by atoms with E-state index in [-0.39, 0.29) is 19.1 Å². The van der Waals surface area contributed by atoms with E-state index in [4.69, 9.17) is 13.9 Å². The summed E-state index contributed by atoms with van der Waals surface area (Å²) in [5.41, 5.74) is 2.83. The highest BCUT2D eigenvalue weighted by molar-refractivity contribution is 6.35. The van der Waals surface area contributed by atoms with E-state index in [1.54, 1.807) is 41.3 Å². The number of furan rings is 1. The molecular weight excluding hydrogens is 392 g/mol. The predicted octanol–water partition coefficient (Wildman–Crippen LogP) is 0.284. The van der Waals surface area contributed by atoms with Crippen molar-refractivity contribution in [3.63, 3.8) is 0 Å². The first kappa shape index (κ1) is 21.1. The van der Waals surface area contributed by atoms with Crippen LogP contribution in [0.5, 0.6) is 5.75 Å². The summed E-state index contributed by atoms with van der Waals surface area (Å²) in [5.74, 6) is -0.725. The molecule has 1 fully saturated rings. The zero-order valence-corrected chi connectivity index (χ0v) is 16.2. The molecule has 2 heterocycles. The minimum absolute atomic E-state index is 0.0450. The molecule has 1 aromatic carbocycles. The highest BCUT2D eigenvalue weighted by Gasteiger charge is 2.17. The van der Waals surface area contributed by atoms with Gasteiger partial charge in [-0.2, -0.15) is 5.10 Å². The van der Waals surface area contributed by atoms with Gasteiger partial charge < -0.3 is 24.1 Å². The Hall–Kier alpha value is -3.66. The van der Waals surface area contributed by atoms with Crippen molar-refractivity contribution in [3.05, 3.63) is 54.0 Å². The van der Waals surface area contributed by atoms with Crippen LogP contribution in [0, 0.1) is 0 Å². The van der Waals surface area contributed by atoms with Crippen LogP contribution in [0.25, 0.3) is 0 Å². The van der Waals surface area contributed by atoms with E-state index in [1.165, 1.54) is 12.5 Å². The van der Waals surface area contributed by atoms with Crippen LogP contribution in [0.3, 0.4) is 0 Å². The average molecular weight is 414 g/mol. The maximum Gasteiger partial charge on any atom is 0.329 e. The van der Waals surface area contributed by atoms with Crippen molar-refractivity contribution < 1.29 is 28.3 Å². The van der Waals surface area contributed by atoms with E-state index >= 15 is 0 Å². The molecule has 0 bridgehead atoms. The molecule has 10 heteroatoms. The van der Waals surface area contributed by atoms with E-state index in [1.807, 2.05) is 0 Å². The number of hydrogen-bond acceptors (Lipinski definition) is 7. The summed E-state index contributed by atoms with van der Waals surface area (Å²) in [6.45, 7) is 2.30. The van der Waals surface area contributed by atoms with Crippen molar-refractivity contribution in [1.82, 2.24) is 15.6 Å². The van der Waals surface area contributed by atoms with Crippen molar-refractivity contribution in [1.29, 1.82) is 0 Å². The Labute approximate surface area is 172 Å². The van der Waals surface area contributed by atoms with Crippen LogP contribution in [-0.2, 0) is 25.7 Å². The zero-order valence-electron chi connectivity index (χ0n) is 16.2. The van der Waals surface area contributed by atoms with E-state index in [0.717, 1.165) is 0 Å². The van der Waals surface area contributed by atoms with Crippen molar-refractivity contribution in [3.8, 4) is 5.75 Å². The number of hydrogen-bond donors (Lipinski definition) is 2. The van der Waals surface area contributed by atoms with Gasteiger partial charge in [0, 0.05) is 13.1 Å². The van der Waals surface area contributed by atoms with Crippen LogP contribution in [0.15, 0.2) is 52.2 Å². The van der Waals surface area contributed by atoms with E-state index in [0.29, 0.717) is 43.4 Å². The number of carbonyl (C=O) groups excluding carboxylic acids is 3. The minimum Gasteiger partial charge on any atom is -0.484 e. The minimum atomic E-state index is -0.889. The number of rotatable bonds is 7. The quantitative estimate of drug-likeness (QED) is 0.381. The highest BCUT2D eigenvalue weighted by Crippen LogP contribution is 2.11. The van der Waals surface area contributed by atoms with Crippen LogP contribution < -0.4 is 15.5 Å². The number of nitrogens with zero attached hydrogens (tertiary/aromatic N) is 2. The molecule has 0 atom stereocenters. The van der Waals surface area contributed by atoms with Gasteiger partial charge in [-0.15, -0.1) is 0 Å². The van der Waals surface area contributed by atoms with Gasteiger partial charge in [-0.3, -0.25) is 14.4 Å². The smallest absolute Gasteiger partial charge is 0.329 e. The molecule has 1 aliphatic heterocycles. The largest absolute Gasteiger partial charge is 0.484 e. The number of amides is 3. The number of nitrogens with one attached hydrogen (secondary N) is 2. The van der Waals surface area contributed by atoms with Gasteiger partial charge in [0.05, 0.1) is 32.2 Å². The van der Waals surface area contributed by atoms with Gasteiger partial charge in [0.1, 0.15) is 11.5 Å². The Morgan fingerprint density at radius 3 is 2.57 bits per heavy atom. The standard InChI is InChI=1S/C20H22N4O6/c25-18(24-7-10-28-11-8-24)14-30-16-5-3-15(4-6-16)12-22-23-20(27)19(26)21-13-17-2-1-9-29-17/h1-6,9,12H,7-8,10-11,13-14H2,(H,21,26)(H,23,27)/b22-12-. The summed E-state index contributed by atoms with van der Waals surface area (Å²) in [6, 6.07) is 10.2. The third-order valence-corrected chi connectivity index (χ3v) is 4.20. The van der Waals surface area contributed by atoms with Crippen LogP contribution in [0.4, 0.5) is 0 Å². The molecule has 2 N–H and O–H groups in total. The van der Waals surface area contributed by atoms with Gasteiger partial charge in [0.15, 0.2) is 6.61 Å². The molecule has 1 aromatic heterocycles. The van der Waals surface area contributed by atoms with E-state index in [9.17, 15) is 14.4 Å². The molecule has 10 nitrogen and oxygen atoms in total. The van der Waals surface area contributed by atoms with E-state index in [2.05, 4.69) is 15.8 Å². The first-order valence-electron chi connectivity index (χ1n) is 9.34. The Kier molecular flexibility index (Phi) is 7.56. The van der Waals surface area contributed by atoms with E-state index < -0.39 is 11.8 Å². The monoisotopic (exact) mass is 414 g/mol. The molecule has 3 amide bonds. The molecule has 1 saturated heterocycles. The first-order valence-corrected chi connectivity index (χ1v) is 9.34. The van der Waals surface area contributed by atoms with Gasteiger partial charge in [-0.25, -0.2) is 5.43 Å². The lowest BCUT2D eigenvalue weighted by Gasteiger charge is -2.26. The second kappa shape index (κ2) is 10.8. The third-order valence-electron chi connectivity index (χ3n) is 4.20. The lowest BCUT2D eigenvalue weighted by molar-refractivity contribution is -0.139. The van der Waals surface area contributed by atoms with Gasteiger partial charge in [-0.1, -0.05) is 0 Å². The lowest BCUT2D eigenvalue weighted by Crippen LogP contribution is -2.42. The summed E-state index contributed by atoms with van der Waals surface area (Å²) < 4.78 is 15.8. The topological polar surface area (TPSA) is 122 Å². The van der Waals surface area contributed by atoms with Crippen LogP contribution in [-0.4, -0.2) is 61.7 Å². The van der Waals surface area contributed by atoms with Gasteiger partial charge in [-0.05, 0) is 42.0 Å². The summed E-state index contributed by atoms with van der Waals surface area (Å²) in [7, 11) is 0. The molecule has 2 aromatic rings. The fraction of sp³-hybridized carbons (Fsp3) is 0.300. The van der Waals surface area contributed by atoms with Crippen LogP contribution in [0.2, 0.25) is 0 Å². The molecule has 30 heavy (non-hydrogen) atoms. The van der Waals surface area contributed by atoms with Crippen molar-refractivity contribution in [2.24, 2.45) is 5.10 Å². The summed E-state index contributed by atoms with van der Waals surface area (Å²) in [6.07, 6.45) is 2.87. The number of carbonyl (C=O) groups is 3. The molecule has 0 radical (unpaired) electrons. The number of benzene rings is 1. The number of ether oxygens (including phenoxy) is 2. The molecular formula is C20H22N4O6. The van der Waals surface area contributed by atoms with Gasteiger partial charge in [0.2, 0.25) is 0 Å². The second-order valence-corrected chi connectivity index (χ2v) is 6.31. The molecule has 0 aliphatic carbocycles. The Balaban J connectivity index is 1.38. The molecule has 0 unspecified atom stereocenters.